The van der Waals surface area contributed by atoms with Gasteiger partial charge < -0.3 is 10.2 Å². The van der Waals surface area contributed by atoms with Crippen LogP contribution in [0.2, 0.25) is 0 Å². The molecule has 0 saturated carbocycles. The van der Waals surface area contributed by atoms with Crippen LogP contribution in [0.15, 0.2) is 66.4 Å². The van der Waals surface area contributed by atoms with Crippen molar-refractivity contribution in [2.75, 3.05) is 18.0 Å². The van der Waals surface area contributed by atoms with Gasteiger partial charge in [0.15, 0.2) is 11.3 Å². The molecule has 6 rings (SSSR count). The highest BCUT2D eigenvalue weighted by Gasteiger charge is 2.30. The van der Waals surface area contributed by atoms with Crippen molar-refractivity contribution in [1.82, 2.24) is 25.1 Å². The van der Waals surface area contributed by atoms with Crippen LogP contribution in [0.4, 0.5) is 19.0 Å². The summed E-state index contributed by atoms with van der Waals surface area (Å²) in [5, 5.41) is 10.5. The summed E-state index contributed by atoms with van der Waals surface area (Å²) in [6.45, 7) is 2.47. The quantitative estimate of drug-likeness (QED) is 0.279. The Labute approximate surface area is 220 Å². The van der Waals surface area contributed by atoms with Gasteiger partial charge in [-0.05, 0) is 78.1 Å². The van der Waals surface area contributed by atoms with Gasteiger partial charge in [0.1, 0.15) is 11.8 Å². The van der Waals surface area contributed by atoms with Crippen LogP contribution in [0.3, 0.4) is 0 Å². The standard InChI is InChI=1S/C17H16F3N5.C10H9NOS/c18-17(19,20)12-4-6-13(7-5-12)25-10-14-15(23-25)16(22-11-21-14)24-8-2-1-3-9-24;12-7-11-6-8-1-2-10-9(5-8)3-4-13-10/h4-7,10-11H,1-3,8-9H2;1-5,7H,6H2,(H,11,12). The molecule has 1 aliphatic heterocycles. The second kappa shape index (κ2) is 11.2. The molecule has 0 bridgehead atoms. The molecule has 0 aliphatic carbocycles. The maximum atomic E-state index is 12.7. The van der Waals surface area contributed by atoms with Crippen LogP contribution >= 0.6 is 11.3 Å². The number of anilines is 1. The Kier molecular flexibility index (Phi) is 7.54. The zero-order valence-corrected chi connectivity index (χ0v) is 21.2. The van der Waals surface area contributed by atoms with E-state index in [1.807, 2.05) is 6.07 Å². The fourth-order valence-corrected chi connectivity index (χ4v) is 5.15. The number of carbonyl (C=O) groups is 1. The average Bonchev–Trinajstić information content (AvgIpc) is 3.59. The Hall–Kier alpha value is -3.99. The third-order valence-electron chi connectivity index (χ3n) is 6.30. The number of alkyl halides is 3. The Morgan fingerprint density at radius 2 is 1.79 bits per heavy atom. The highest BCUT2D eigenvalue weighted by molar-refractivity contribution is 7.17. The Bertz CT molecular complexity index is 1520. The van der Waals surface area contributed by atoms with Crippen molar-refractivity contribution in [1.29, 1.82) is 0 Å². The number of thiophene rings is 1. The van der Waals surface area contributed by atoms with Crippen LogP contribution in [-0.4, -0.2) is 39.2 Å². The van der Waals surface area contributed by atoms with E-state index >= 15 is 0 Å². The molecule has 3 aromatic heterocycles. The number of piperidine rings is 1. The van der Waals surface area contributed by atoms with Gasteiger partial charge in [-0.15, -0.1) is 11.3 Å². The van der Waals surface area contributed by atoms with Crippen molar-refractivity contribution < 1.29 is 18.0 Å². The van der Waals surface area contributed by atoms with E-state index in [0.717, 1.165) is 55.9 Å². The van der Waals surface area contributed by atoms with Crippen molar-refractivity contribution >= 4 is 44.7 Å². The molecule has 196 valence electrons. The van der Waals surface area contributed by atoms with E-state index in [0.29, 0.717) is 23.3 Å². The van der Waals surface area contributed by atoms with Gasteiger partial charge >= 0.3 is 6.18 Å². The minimum Gasteiger partial charge on any atom is -0.355 e. The summed E-state index contributed by atoms with van der Waals surface area (Å²) in [4.78, 5) is 20.9. The molecule has 7 nitrogen and oxygen atoms in total. The van der Waals surface area contributed by atoms with E-state index in [1.165, 1.54) is 35.0 Å². The molecule has 2 aromatic carbocycles. The van der Waals surface area contributed by atoms with Crippen LogP contribution < -0.4 is 10.2 Å². The van der Waals surface area contributed by atoms with E-state index in [4.69, 9.17) is 0 Å². The second-order valence-corrected chi connectivity index (χ2v) is 9.84. The largest absolute Gasteiger partial charge is 0.416 e. The van der Waals surface area contributed by atoms with Gasteiger partial charge in [0.05, 0.1) is 17.4 Å². The average molecular weight is 539 g/mol. The lowest BCUT2D eigenvalue weighted by atomic mass is 10.1. The molecule has 4 heterocycles. The van der Waals surface area contributed by atoms with E-state index in [1.54, 1.807) is 22.2 Å². The lowest BCUT2D eigenvalue weighted by Crippen LogP contribution is -2.30. The van der Waals surface area contributed by atoms with Crippen LogP contribution in [-0.2, 0) is 17.5 Å². The summed E-state index contributed by atoms with van der Waals surface area (Å²) in [5.74, 6) is 0.787. The summed E-state index contributed by atoms with van der Waals surface area (Å²) < 4.78 is 40.9. The van der Waals surface area contributed by atoms with Crippen molar-refractivity contribution in [3.63, 3.8) is 0 Å². The number of amides is 1. The number of nitrogens with one attached hydrogen (secondary N) is 1. The molecule has 1 saturated heterocycles. The number of aromatic nitrogens is 4. The van der Waals surface area contributed by atoms with Crippen LogP contribution in [0.1, 0.15) is 30.4 Å². The zero-order valence-electron chi connectivity index (χ0n) is 20.4. The summed E-state index contributed by atoms with van der Waals surface area (Å²) in [7, 11) is 0. The molecular weight excluding hydrogens is 513 g/mol. The van der Waals surface area contributed by atoms with Crippen LogP contribution in [0.5, 0.6) is 0 Å². The predicted molar refractivity (Wildman–Crippen MR) is 142 cm³/mol. The molecule has 38 heavy (non-hydrogen) atoms. The summed E-state index contributed by atoms with van der Waals surface area (Å²) >= 11 is 1.73. The van der Waals surface area contributed by atoms with Crippen LogP contribution in [0.25, 0.3) is 26.8 Å². The number of carbonyl (C=O) groups excluding carboxylic acids is 1. The third kappa shape index (κ3) is 5.77. The number of hydrogen-bond acceptors (Lipinski definition) is 6. The lowest BCUT2D eigenvalue weighted by molar-refractivity contribution is -0.137. The minimum atomic E-state index is -4.35. The van der Waals surface area contributed by atoms with E-state index in [-0.39, 0.29) is 0 Å². The van der Waals surface area contributed by atoms with E-state index < -0.39 is 11.7 Å². The molecule has 11 heteroatoms. The number of halogens is 3. The molecule has 5 aromatic rings. The van der Waals surface area contributed by atoms with Crippen molar-refractivity contribution in [3.8, 4) is 5.69 Å². The fraction of sp³-hybridized carbons (Fsp3) is 0.259. The molecule has 1 N–H and O–H groups in total. The molecule has 1 aliphatic rings. The predicted octanol–water partition coefficient (Wildman–Crippen LogP) is 5.97. The second-order valence-electron chi connectivity index (χ2n) is 8.89. The molecular formula is C27H25F3N6OS. The number of nitrogens with zero attached hydrogens (tertiary/aromatic N) is 5. The highest BCUT2D eigenvalue weighted by atomic mass is 32.1. The molecule has 1 fully saturated rings. The molecule has 0 atom stereocenters. The van der Waals surface area contributed by atoms with Gasteiger partial charge in [0.25, 0.3) is 0 Å². The van der Waals surface area contributed by atoms with Crippen molar-refractivity contribution in [3.05, 3.63) is 77.6 Å². The smallest absolute Gasteiger partial charge is 0.355 e. The van der Waals surface area contributed by atoms with Gasteiger partial charge in [0, 0.05) is 24.3 Å². The SMILES string of the molecule is FC(F)(F)c1ccc(-n2cc3ncnc(N4CCCCC4)c3n2)cc1.O=CNCc1ccc2sccc2c1. The molecule has 1 amide bonds. The number of rotatable bonds is 5. The first kappa shape index (κ1) is 25.7. The van der Waals surface area contributed by atoms with Crippen molar-refractivity contribution in [2.45, 2.75) is 32.0 Å². The lowest BCUT2D eigenvalue weighted by Gasteiger charge is -2.27. The summed E-state index contributed by atoms with van der Waals surface area (Å²) in [6.07, 6.45) is 3.04. The summed E-state index contributed by atoms with van der Waals surface area (Å²) in [6, 6.07) is 13.2. The maximum Gasteiger partial charge on any atom is 0.416 e. The highest BCUT2D eigenvalue weighted by Crippen LogP contribution is 2.30. The Balaban J connectivity index is 0.000000190. The number of benzene rings is 2. The Morgan fingerprint density at radius 3 is 2.53 bits per heavy atom. The van der Waals surface area contributed by atoms with Gasteiger partial charge in [0.2, 0.25) is 6.41 Å². The number of hydrogen-bond donors (Lipinski definition) is 1. The molecule has 0 unspecified atom stereocenters. The maximum absolute atomic E-state index is 12.7. The first-order chi connectivity index (χ1) is 18.4. The Morgan fingerprint density at radius 1 is 1.00 bits per heavy atom. The van der Waals surface area contributed by atoms with Gasteiger partial charge in [-0.25, -0.2) is 14.6 Å². The first-order valence-corrected chi connectivity index (χ1v) is 13.1. The zero-order chi connectivity index (χ0) is 26.5. The van der Waals surface area contributed by atoms with Crippen molar-refractivity contribution in [2.24, 2.45) is 0 Å². The van der Waals surface area contributed by atoms with Crippen LogP contribution in [0, 0.1) is 0 Å². The minimum absolute atomic E-state index is 0.551. The third-order valence-corrected chi connectivity index (χ3v) is 7.20. The fourth-order valence-electron chi connectivity index (χ4n) is 4.38. The normalized spacial score (nSPS) is 13.8. The summed E-state index contributed by atoms with van der Waals surface area (Å²) in [5.41, 5.74) is 2.36. The topological polar surface area (TPSA) is 75.9 Å². The van der Waals surface area contributed by atoms with E-state index in [9.17, 15) is 18.0 Å². The first-order valence-electron chi connectivity index (χ1n) is 12.2. The monoisotopic (exact) mass is 538 g/mol. The van der Waals surface area contributed by atoms with Gasteiger partial charge in [-0.1, -0.05) is 6.07 Å². The van der Waals surface area contributed by atoms with Gasteiger partial charge in [-0.2, -0.15) is 18.3 Å². The molecule has 0 radical (unpaired) electrons. The van der Waals surface area contributed by atoms with E-state index in [2.05, 4.69) is 48.9 Å². The number of fused-ring (bicyclic) bond motifs is 2. The van der Waals surface area contributed by atoms with Gasteiger partial charge in [-0.3, -0.25) is 4.79 Å². The molecule has 0 spiro atoms.